The van der Waals surface area contributed by atoms with Crippen LogP contribution in [0.1, 0.15) is 35.0 Å². The smallest absolute Gasteiger partial charge is 0.254 e. The molecule has 0 aliphatic carbocycles. The Bertz CT molecular complexity index is 954. The predicted molar refractivity (Wildman–Crippen MR) is 105 cm³/mol. The third-order valence-electron chi connectivity index (χ3n) is 4.87. The second-order valence-corrected chi connectivity index (χ2v) is 7.54. The summed E-state index contributed by atoms with van der Waals surface area (Å²) < 4.78 is 16.1. The van der Waals surface area contributed by atoms with Crippen LogP contribution in [0.5, 0.6) is 11.5 Å². The number of aromatic nitrogens is 2. The van der Waals surface area contributed by atoms with Crippen molar-refractivity contribution in [2.75, 3.05) is 27.3 Å². The highest BCUT2D eigenvalue weighted by atomic mass is 32.1. The molecule has 1 aliphatic heterocycles. The topological polar surface area (TPSA) is 77.7 Å². The fourth-order valence-corrected chi connectivity index (χ4v) is 4.07. The second kappa shape index (κ2) is 8.02. The molecule has 0 spiro atoms. The van der Waals surface area contributed by atoms with E-state index in [0.717, 1.165) is 17.7 Å². The van der Waals surface area contributed by atoms with E-state index in [1.807, 2.05) is 22.4 Å². The number of ether oxygens (including phenoxy) is 2. The van der Waals surface area contributed by atoms with Gasteiger partial charge in [0.15, 0.2) is 11.5 Å². The number of nitrogens with zero attached hydrogens (tertiary/aromatic N) is 3. The number of benzene rings is 1. The Morgan fingerprint density at radius 1 is 1.25 bits per heavy atom. The molecule has 1 atom stereocenters. The molecule has 1 fully saturated rings. The maximum atomic E-state index is 13.0. The van der Waals surface area contributed by atoms with Crippen molar-refractivity contribution in [3.8, 4) is 22.2 Å². The molecular formula is C20H21N3O4S. The number of hydrogen-bond donors (Lipinski definition) is 0. The third-order valence-corrected chi connectivity index (χ3v) is 5.74. The van der Waals surface area contributed by atoms with Crippen LogP contribution >= 0.6 is 11.3 Å². The molecule has 8 heteroatoms. The lowest BCUT2D eigenvalue weighted by molar-refractivity contribution is 0.0695. The zero-order chi connectivity index (χ0) is 19.5. The standard InChI is InChI=1S/C20H21N3O4S/c1-25-15-8-7-13(11-16(15)26-2)20(24)23-9-3-5-14(12-23)19-21-18(22-27-19)17-6-4-10-28-17/h4,6-8,10-11,14H,3,5,9,12H2,1-2H3/t14-/m1/s1. The average Bonchev–Trinajstić information content (AvgIpc) is 3.44. The van der Waals surface area contributed by atoms with Crippen LogP contribution in [0.2, 0.25) is 0 Å². The highest BCUT2D eigenvalue weighted by Crippen LogP contribution is 2.31. The molecule has 0 bridgehead atoms. The largest absolute Gasteiger partial charge is 0.493 e. The van der Waals surface area contributed by atoms with Crippen molar-refractivity contribution in [3.05, 3.63) is 47.2 Å². The lowest BCUT2D eigenvalue weighted by Crippen LogP contribution is -2.39. The quantitative estimate of drug-likeness (QED) is 0.649. The molecule has 1 aliphatic rings. The molecule has 3 heterocycles. The normalized spacial score (nSPS) is 16.8. The summed E-state index contributed by atoms with van der Waals surface area (Å²) >= 11 is 1.57. The number of methoxy groups -OCH3 is 2. The SMILES string of the molecule is COc1ccc(C(=O)N2CCC[C@@H](c3nc(-c4cccs4)no3)C2)cc1OC. The van der Waals surface area contributed by atoms with E-state index >= 15 is 0 Å². The number of piperidine rings is 1. The minimum Gasteiger partial charge on any atom is -0.493 e. The first-order chi connectivity index (χ1) is 13.7. The number of hydrogen-bond acceptors (Lipinski definition) is 7. The number of rotatable bonds is 5. The van der Waals surface area contributed by atoms with Gasteiger partial charge in [-0.3, -0.25) is 4.79 Å². The molecule has 1 amide bonds. The van der Waals surface area contributed by atoms with Crippen LogP contribution in [0, 0.1) is 0 Å². The molecule has 146 valence electrons. The number of carbonyl (C=O) groups excluding carboxylic acids is 1. The summed E-state index contributed by atoms with van der Waals surface area (Å²) in [6, 6.07) is 9.15. The Morgan fingerprint density at radius 2 is 2.11 bits per heavy atom. The van der Waals surface area contributed by atoms with Crippen LogP contribution < -0.4 is 9.47 Å². The van der Waals surface area contributed by atoms with Crippen LogP contribution in [-0.2, 0) is 0 Å². The zero-order valence-electron chi connectivity index (χ0n) is 15.8. The van der Waals surface area contributed by atoms with E-state index in [9.17, 15) is 4.79 Å². The van der Waals surface area contributed by atoms with E-state index in [-0.39, 0.29) is 11.8 Å². The molecule has 2 aromatic heterocycles. The first kappa shape index (κ1) is 18.5. The van der Waals surface area contributed by atoms with Gasteiger partial charge < -0.3 is 18.9 Å². The summed E-state index contributed by atoms with van der Waals surface area (Å²) in [5.74, 6) is 2.34. The highest BCUT2D eigenvalue weighted by molar-refractivity contribution is 7.13. The number of carbonyl (C=O) groups is 1. The van der Waals surface area contributed by atoms with Crippen molar-refractivity contribution in [2.24, 2.45) is 0 Å². The maximum absolute atomic E-state index is 13.0. The third kappa shape index (κ3) is 3.60. The van der Waals surface area contributed by atoms with Gasteiger partial charge in [0.05, 0.1) is 25.0 Å². The van der Waals surface area contributed by atoms with Crippen LogP contribution in [0.25, 0.3) is 10.7 Å². The van der Waals surface area contributed by atoms with Crippen LogP contribution in [-0.4, -0.2) is 48.3 Å². The van der Waals surface area contributed by atoms with Crippen LogP contribution in [0.4, 0.5) is 0 Å². The summed E-state index contributed by atoms with van der Waals surface area (Å²) in [7, 11) is 3.13. The van der Waals surface area contributed by atoms with Gasteiger partial charge in [0.2, 0.25) is 11.7 Å². The minimum atomic E-state index is -0.0383. The summed E-state index contributed by atoms with van der Waals surface area (Å²) in [5.41, 5.74) is 0.572. The minimum absolute atomic E-state index is 0.0383. The van der Waals surface area contributed by atoms with Gasteiger partial charge in [-0.2, -0.15) is 4.98 Å². The number of likely N-dealkylation sites (tertiary alicyclic amines) is 1. The van der Waals surface area contributed by atoms with Gasteiger partial charge in [-0.25, -0.2) is 0 Å². The van der Waals surface area contributed by atoms with E-state index in [4.69, 9.17) is 14.0 Å². The maximum Gasteiger partial charge on any atom is 0.254 e. The van der Waals surface area contributed by atoms with Crippen LogP contribution in [0.15, 0.2) is 40.2 Å². The van der Waals surface area contributed by atoms with Gasteiger partial charge in [-0.05, 0) is 42.5 Å². The summed E-state index contributed by atoms with van der Waals surface area (Å²) in [6.07, 6.45) is 1.81. The van der Waals surface area contributed by atoms with Crippen molar-refractivity contribution in [1.82, 2.24) is 15.0 Å². The van der Waals surface area contributed by atoms with Crippen molar-refractivity contribution in [2.45, 2.75) is 18.8 Å². The molecule has 0 saturated carbocycles. The van der Waals surface area contributed by atoms with E-state index < -0.39 is 0 Å². The molecule has 0 radical (unpaired) electrons. The fourth-order valence-electron chi connectivity index (χ4n) is 3.42. The van der Waals surface area contributed by atoms with E-state index in [0.29, 0.717) is 41.9 Å². The van der Waals surface area contributed by atoms with Gasteiger partial charge in [0.1, 0.15) is 0 Å². The van der Waals surface area contributed by atoms with E-state index in [2.05, 4.69) is 10.1 Å². The average molecular weight is 399 g/mol. The zero-order valence-corrected chi connectivity index (χ0v) is 16.6. The molecule has 1 aromatic carbocycles. The summed E-state index contributed by atoms with van der Waals surface area (Å²) in [5, 5.41) is 6.08. The monoisotopic (exact) mass is 399 g/mol. The summed E-state index contributed by atoms with van der Waals surface area (Å²) in [6.45, 7) is 1.26. The Hall–Kier alpha value is -2.87. The second-order valence-electron chi connectivity index (χ2n) is 6.59. The Morgan fingerprint density at radius 3 is 2.86 bits per heavy atom. The Kier molecular flexibility index (Phi) is 5.29. The van der Waals surface area contributed by atoms with E-state index in [1.165, 1.54) is 0 Å². The molecule has 3 aromatic rings. The molecule has 28 heavy (non-hydrogen) atoms. The Labute approximate surface area is 166 Å². The van der Waals surface area contributed by atoms with Crippen molar-refractivity contribution in [1.29, 1.82) is 0 Å². The first-order valence-corrected chi connectivity index (χ1v) is 9.96. The highest BCUT2D eigenvalue weighted by Gasteiger charge is 2.29. The number of thiophene rings is 1. The molecule has 1 saturated heterocycles. The van der Waals surface area contributed by atoms with Gasteiger partial charge in [-0.15, -0.1) is 11.3 Å². The van der Waals surface area contributed by atoms with Crippen molar-refractivity contribution >= 4 is 17.2 Å². The Balaban J connectivity index is 1.50. The van der Waals surface area contributed by atoms with Gasteiger partial charge >= 0.3 is 0 Å². The first-order valence-electron chi connectivity index (χ1n) is 9.08. The van der Waals surface area contributed by atoms with E-state index in [1.54, 1.807) is 43.8 Å². The van der Waals surface area contributed by atoms with Gasteiger partial charge in [0.25, 0.3) is 5.91 Å². The molecule has 0 N–H and O–H groups in total. The molecule has 4 rings (SSSR count). The molecular weight excluding hydrogens is 378 g/mol. The van der Waals surface area contributed by atoms with Gasteiger partial charge in [0, 0.05) is 18.7 Å². The predicted octanol–water partition coefficient (Wildman–Crippen LogP) is 3.84. The number of amides is 1. The van der Waals surface area contributed by atoms with Crippen molar-refractivity contribution in [3.63, 3.8) is 0 Å². The molecule has 0 unspecified atom stereocenters. The van der Waals surface area contributed by atoms with Gasteiger partial charge in [-0.1, -0.05) is 11.2 Å². The fraction of sp³-hybridized carbons (Fsp3) is 0.350. The molecule has 7 nitrogen and oxygen atoms in total. The lowest BCUT2D eigenvalue weighted by Gasteiger charge is -2.31. The van der Waals surface area contributed by atoms with Crippen molar-refractivity contribution < 1.29 is 18.8 Å². The lowest BCUT2D eigenvalue weighted by atomic mass is 9.97. The van der Waals surface area contributed by atoms with Crippen LogP contribution in [0.3, 0.4) is 0 Å². The summed E-state index contributed by atoms with van der Waals surface area (Å²) in [4.78, 5) is 20.4.